The van der Waals surface area contributed by atoms with Crippen molar-refractivity contribution in [3.63, 3.8) is 0 Å². The van der Waals surface area contributed by atoms with E-state index in [9.17, 15) is 9.59 Å². The van der Waals surface area contributed by atoms with Gasteiger partial charge in [-0.3, -0.25) is 14.5 Å². The molecule has 2 aromatic rings. The number of ether oxygens (including phenoxy) is 3. The first-order valence-corrected chi connectivity index (χ1v) is 13.8. The third-order valence-electron chi connectivity index (χ3n) is 7.45. The molecule has 0 spiro atoms. The minimum atomic E-state index is -0.0824. The summed E-state index contributed by atoms with van der Waals surface area (Å²) >= 11 is 0. The number of fused-ring (bicyclic) bond motifs is 1. The predicted molar refractivity (Wildman–Crippen MR) is 152 cm³/mol. The normalized spacial score (nSPS) is 17.7. The van der Waals surface area contributed by atoms with Gasteiger partial charge in [0.25, 0.3) is 11.8 Å². The minimum Gasteiger partial charge on any atom is -0.484 e. The van der Waals surface area contributed by atoms with Crippen LogP contribution in [0.25, 0.3) is 0 Å². The summed E-state index contributed by atoms with van der Waals surface area (Å²) in [6, 6.07) is 16.0. The summed E-state index contributed by atoms with van der Waals surface area (Å²) in [5.41, 5.74) is 2.78. The van der Waals surface area contributed by atoms with Crippen LogP contribution in [-0.4, -0.2) is 101 Å². The lowest BCUT2D eigenvalue weighted by atomic mass is 10.1. The van der Waals surface area contributed by atoms with E-state index in [1.807, 2.05) is 77.3 Å². The number of rotatable bonds is 7. The Bertz CT molecular complexity index is 1090. The largest absolute Gasteiger partial charge is 0.484 e. The van der Waals surface area contributed by atoms with Crippen LogP contribution >= 0.6 is 0 Å². The molecule has 0 atom stereocenters. The minimum absolute atomic E-state index is 0.0144. The van der Waals surface area contributed by atoms with Crippen LogP contribution in [0.5, 0.6) is 5.75 Å². The maximum Gasteiger partial charge on any atom is 0.260 e. The highest BCUT2D eigenvalue weighted by atomic mass is 16.5. The molecule has 9 nitrogen and oxygen atoms in total. The molecule has 2 aliphatic rings. The van der Waals surface area contributed by atoms with Gasteiger partial charge < -0.3 is 28.9 Å². The van der Waals surface area contributed by atoms with Gasteiger partial charge in [0.05, 0.1) is 0 Å². The molecule has 0 aliphatic carbocycles. The Morgan fingerprint density at radius 2 is 1.74 bits per heavy atom. The standard InChI is InChI=1S/C30H42N4O5/c1-31(2)26-9-6-10-27(20-26)39-23-29(35)33-17-16-32(25-12-18-38-19-13-25)14-7-15-34(30(36)22-37-3)28-11-5-4-8-24(28)21-33/h4-6,8-11,20,25H,7,12-19,21-23H2,1-3H3. The highest BCUT2D eigenvalue weighted by molar-refractivity contribution is 5.95. The fourth-order valence-electron chi connectivity index (χ4n) is 5.28. The van der Waals surface area contributed by atoms with Gasteiger partial charge in [-0.15, -0.1) is 0 Å². The molecule has 1 saturated heterocycles. The molecule has 212 valence electrons. The smallest absolute Gasteiger partial charge is 0.260 e. The number of anilines is 2. The van der Waals surface area contributed by atoms with Crippen molar-refractivity contribution in [3.8, 4) is 5.75 Å². The monoisotopic (exact) mass is 538 g/mol. The van der Waals surface area contributed by atoms with Crippen LogP contribution in [-0.2, 0) is 25.6 Å². The number of carbonyl (C=O) groups excluding carboxylic acids is 2. The number of benzene rings is 2. The Morgan fingerprint density at radius 1 is 0.949 bits per heavy atom. The molecular formula is C30H42N4O5. The first kappa shape index (κ1) is 28.9. The van der Waals surface area contributed by atoms with E-state index in [-0.39, 0.29) is 25.0 Å². The molecule has 4 rings (SSSR count). The maximum absolute atomic E-state index is 13.6. The lowest BCUT2D eigenvalue weighted by Gasteiger charge is -2.35. The Morgan fingerprint density at radius 3 is 2.51 bits per heavy atom. The molecule has 2 heterocycles. The number of para-hydroxylation sites is 1. The SMILES string of the molecule is COCC(=O)N1CCCN(C2CCOCC2)CCN(C(=O)COc2cccc(N(C)C)c2)Cc2ccccc21. The lowest BCUT2D eigenvalue weighted by molar-refractivity contribution is -0.134. The average molecular weight is 539 g/mol. The third kappa shape index (κ3) is 7.94. The summed E-state index contributed by atoms with van der Waals surface area (Å²) < 4.78 is 16.8. The molecule has 2 aromatic carbocycles. The van der Waals surface area contributed by atoms with Crippen LogP contribution in [0.4, 0.5) is 11.4 Å². The zero-order chi connectivity index (χ0) is 27.6. The van der Waals surface area contributed by atoms with Crippen molar-refractivity contribution in [2.24, 2.45) is 0 Å². The van der Waals surface area contributed by atoms with Crippen LogP contribution in [0.2, 0.25) is 0 Å². The molecule has 0 radical (unpaired) electrons. The summed E-state index contributed by atoms with van der Waals surface area (Å²) in [7, 11) is 5.49. The van der Waals surface area contributed by atoms with Crippen LogP contribution < -0.4 is 14.5 Å². The lowest BCUT2D eigenvalue weighted by Crippen LogP contribution is -2.46. The molecular weight excluding hydrogens is 496 g/mol. The molecule has 0 unspecified atom stereocenters. The van der Waals surface area contributed by atoms with Crippen molar-refractivity contribution in [1.82, 2.24) is 9.80 Å². The maximum atomic E-state index is 13.6. The van der Waals surface area contributed by atoms with Crippen LogP contribution in [0, 0.1) is 0 Å². The van der Waals surface area contributed by atoms with E-state index in [0.717, 1.165) is 62.5 Å². The second-order valence-electron chi connectivity index (χ2n) is 10.3. The summed E-state index contributed by atoms with van der Waals surface area (Å²) in [6.07, 6.45) is 2.79. The van der Waals surface area contributed by atoms with E-state index in [4.69, 9.17) is 14.2 Å². The van der Waals surface area contributed by atoms with Crippen molar-refractivity contribution in [1.29, 1.82) is 0 Å². The van der Waals surface area contributed by atoms with E-state index in [2.05, 4.69) is 4.90 Å². The molecule has 39 heavy (non-hydrogen) atoms. The van der Waals surface area contributed by atoms with Gasteiger partial charge in [0, 0.05) is 90.6 Å². The Labute approximate surface area is 232 Å². The Balaban J connectivity index is 1.57. The van der Waals surface area contributed by atoms with Gasteiger partial charge in [-0.05, 0) is 43.0 Å². The zero-order valence-corrected chi connectivity index (χ0v) is 23.5. The van der Waals surface area contributed by atoms with Gasteiger partial charge in [0.1, 0.15) is 12.4 Å². The quantitative estimate of drug-likeness (QED) is 0.537. The molecule has 0 bridgehead atoms. The highest BCUT2D eigenvalue weighted by Gasteiger charge is 2.27. The van der Waals surface area contributed by atoms with Crippen molar-refractivity contribution < 1.29 is 23.8 Å². The molecule has 2 amide bonds. The third-order valence-corrected chi connectivity index (χ3v) is 7.45. The van der Waals surface area contributed by atoms with Gasteiger partial charge in [0.2, 0.25) is 0 Å². The zero-order valence-electron chi connectivity index (χ0n) is 23.5. The second-order valence-corrected chi connectivity index (χ2v) is 10.3. The topological polar surface area (TPSA) is 74.8 Å². The number of hydrogen-bond donors (Lipinski definition) is 0. The fraction of sp³-hybridized carbons (Fsp3) is 0.533. The van der Waals surface area contributed by atoms with Gasteiger partial charge in [-0.25, -0.2) is 0 Å². The van der Waals surface area contributed by atoms with Crippen LogP contribution in [0.1, 0.15) is 24.8 Å². The highest BCUT2D eigenvalue weighted by Crippen LogP contribution is 2.25. The van der Waals surface area contributed by atoms with Crippen molar-refractivity contribution in [2.45, 2.75) is 31.8 Å². The van der Waals surface area contributed by atoms with E-state index < -0.39 is 0 Å². The predicted octanol–water partition coefficient (Wildman–Crippen LogP) is 3.02. The number of hydrogen-bond acceptors (Lipinski definition) is 7. The van der Waals surface area contributed by atoms with E-state index >= 15 is 0 Å². The van der Waals surface area contributed by atoms with Crippen molar-refractivity contribution in [3.05, 3.63) is 54.1 Å². The number of carbonyl (C=O) groups is 2. The van der Waals surface area contributed by atoms with Gasteiger partial charge in [-0.1, -0.05) is 24.3 Å². The van der Waals surface area contributed by atoms with Gasteiger partial charge >= 0.3 is 0 Å². The molecule has 9 heteroatoms. The summed E-state index contributed by atoms with van der Waals surface area (Å²) in [6.45, 7) is 4.66. The summed E-state index contributed by atoms with van der Waals surface area (Å²) in [5, 5.41) is 0. The van der Waals surface area contributed by atoms with Crippen molar-refractivity contribution >= 4 is 23.2 Å². The first-order valence-electron chi connectivity index (χ1n) is 13.8. The molecule has 1 fully saturated rings. The Kier molecular flexibility index (Phi) is 10.6. The molecule has 0 saturated carbocycles. The van der Waals surface area contributed by atoms with Crippen LogP contribution in [0.3, 0.4) is 0 Å². The van der Waals surface area contributed by atoms with Crippen molar-refractivity contribution in [2.75, 3.05) is 83.6 Å². The van der Waals surface area contributed by atoms with Gasteiger partial charge in [0.15, 0.2) is 6.61 Å². The fourth-order valence-corrected chi connectivity index (χ4v) is 5.28. The van der Waals surface area contributed by atoms with E-state index in [1.165, 1.54) is 7.11 Å². The molecule has 2 aliphatic heterocycles. The number of nitrogens with zero attached hydrogens (tertiary/aromatic N) is 4. The number of amides is 2. The molecule has 0 N–H and O–H groups in total. The second kappa shape index (κ2) is 14.3. The molecule has 0 aromatic heterocycles. The average Bonchev–Trinajstić information content (AvgIpc) is 2.99. The first-order chi connectivity index (χ1) is 19.0. The summed E-state index contributed by atoms with van der Waals surface area (Å²) in [5.74, 6) is 0.498. The van der Waals surface area contributed by atoms with E-state index in [1.54, 1.807) is 0 Å². The van der Waals surface area contributed by atoms with Gasteiger partial charge in [-0.2, -0.15) is 0 Å². The van der Waals surface area contributed by atoms with E-state index in [0.29, 0.717) is 31.4 Å². The number of methoxy groups -OCH3 is 1. The Hall–Kier alpha value is -3.14. The van der Waals surface area contributed by atoms with Crippen LogP contribution in [0.15, 0.2) is 48.5 Å². The summed E-state index contributed by atoms with van der Waals surface area (Å²) in [4.78, 5) is 34.9.